The van der Waals surface area contributed by atoms with Crippen molar-refractivity contribution in [2.24, 2.45) is 0 Å². The molecule has 2 saturated heterocycles. The maximum absolute atomic E-state index is 12.3. The zero-order chi connectivity index (χ0) is 17.1. The molecule has 128 valence electrons. The van der Waals surface area contributed by atoms with Crippen molar-refractivity contribution in [1.82, 2.24) is 20.0 Å². The number of furan rings is 1. The number of carbonyl (C=O) groups is 4. The van der Waals surface area contributed by atoms with Crippen LogP contribution in [0.3, 0.4) is 0 Å². The van der Waals surface area contributed by atoms with Crippen LogP contribution in [0.1, 0.15) is 16.8 Å². The Bertz CT molecular complexity index is 641. The van der Waals surface area contributed by atoms with Gasteiger partial charge in [-0.2, -0.15) is 0 Å². The quantitative estimate of drug-likeness (QED) is 0.751. The molecule has 0 bridgehead atoms. The second kappa shape index (κ2) is 6.73. The first-order valence-corrected chi connectivity index (χ1v) is 7.73. The normalized spacial score (nSPS) is 18.6. The summed E-state index contributed by atoms with van der Waals surface area (Å²) >= 11 is 0. The molecular weight excluding hydrogens is 316 g/mol. The summed E-state index contributed by atoms with van der Waals surface area (Å²) in [5, 5.41) is 2.38. The zero-order valence-corrected chi connectivity index (χ0v) is 13.1. The van der Waals surface area contributed by atoms with Crippen LogP contribution in [-0.4, -0.2) is 77.7 Å². The summed E-state index contributed by atoms with van der Waals surface area (Å²) in [5.41, 5.74) is 0.481. The smallest absolute Gasteiger partial charge is 0.325 e. The summed E-state index contributed by atoms with van der Waals surface area (Å²) in [4.78, 5) is 51.9. The highest BCUT2D eigenvalue weighted by atomic mass is 16.3. The minimum atomic E-state index is -0.542. The maximum atomic E-state index is 12.3. The fourth-order valence-electron chi connectivity index (χ4n) is 2.79. The van der Waals surface area contributed by atoms with Crippen LogP contribution in [0.5, 0.6) is 0 Å². The molecule has 1 N–H and O–H groups in total. The van der Waals surface area contributed by atoms with Crippen molar-refractivity contribution in [3.63, 3.8) is 0 Å². The number of carbonyl (C=O) groups excluding carboxylic acids is 4. The molecular formula is C15H18N4O5. The first-order valence-electron chi connectivity index (χ1n) is 7.73. The number of nitrogens with zero attached hydrogens (tertiary/aromatic N) is 3. The predicted molar refractivity (Wildman–Crippen MR) is 80.9 cm³/mol. The summed E-state index contributed by atoms with van der Waals surface area (Å²) in [7, 11) is 0. The molecule has 3 heterocycles. The number of hydrogen-bond acceptors (Lipinski definition) is 5. The van der Waals surface area contributed by atoms with Crippen molar-refractivity contribution in [2.45, 2.75) is 6.42 Å². The SMILES string of the molecule is O=C(CN1C(=O)CNC1=O)N1CCCN(C(=O)c2ccoc2)CC1. The van der Waals surface area contributed by atoms with Gasteiger partial charge >= 0.3 is 6.03 Å². The van der Waals surface area contributed by atoms with E-state index >= 15 is 0 Å². The molecule has 9 nitrogen and oxygen atoms in total. The average Bonchev–Trinajstić information content (AvgIpc) is 3.13. The monoisotopic (exact) mass is 334 g/mol. The van der Waals surface area contributed by atoms with Gasteiger partial charge in [0.1, 0.15) is 12.8 Å². The van der Waals surface area contributed by atoms with Crippen LogP contribution in [0, 0.1) is 0 Å². The van der Waals surface area contributed by atoms with E-state index in [-0.39, 0.29) is 24.9 Å². The molecule has 0 atom stereocenters. The number of urea groups is 1. The Morgan fingerprint density at radius 2 is 1.88 bits per heavy atom. The van der Waals surface area contributed by atoms with Gasteiger partial charge in [-0.15, -0.1) is 0 Å². The third-order valence-electron chi connectivity index (χ3n) is 4.13. The standard InChI is InChI=1S/C15H18N4O5/c20-12-8-16-15(23)19(12)9-13(21)17-3-1-4-18(6-5-17)14(22)11-2-7-24-10-11/h2,7,10H,1,3-6,8-9H2,(H,16,23). The van der Waals surface area contributed by atoms with Gasteiger partial charge in [-0.05, 0) is 12.5 Å². The van der Waals surface area contributed by atoms with Gasteiger partial charge in [-0.1, -0.05) is 0 Å². The fraction of sp³-hybridized carbons (Fsp3) is 0.467. The molecule has 0 aliphatic carbocycles. The molecule has 0 radical (unpaired) electrons. The molecule has 3 rings (SSSR count). The number of nitrogens with one attached hydrogen (secondary N) is 1. The molecule has 24 heavy (non-hydrogen) atoms. The molecule has 0 spiro atoms. The molecule has 5 amide bonds. The lowest BCUT2D eigenvalue weighted by Gasteiger charge is -2.23. The highest BCUT2D eigenvalue weighted by Gasteiger charge is 2.32. The molecule has 2 aliphatic heterocycles. The van der Waals surface area contributed by atoms with Crippen molar-refractivity contribution in [3.8, 4) is 0 Å². The molecule has 2 aliphatic rings. The van der Waals surface area contributed by atoms with E-state index in [2.05, 4.69) is 5.32 Å². The van der Waals surface area contributed by atoms with E-state index in [4.69, 9.17) is 4.42 Å². The Kier molecular flexibility index (Phi) is 4.50. The topological polar surface area (TPSA) is 103 Å². The third-order valence-corrected chi connectivity index (χ3v) is 4.13. The zero-order valence-electron chi connectivity index (χ0n) is 13.1. The first-order chi connectivity index (χ1) is 11.6. The van der Waals surface area contributed by atoms with Crippen LogP contribution in [0.15, 0.2) is 23.0 Å². The van der Waals surface area contributed by atoms with Crippen LogP contribution < -0.4 is 5.32 Å². The molecule has 2 fully saturated rings. The van der Waals surface area contributed by atoms with E-state index < -0.39 is 11.9 Å². The number of hydrogen-bond donors (Lipinski definition) is 1. The van der Waals surface area contributed by atoms with Crippen LogP contribution in [0.25, 0.3) is 0 Å². The molecule has 0 unspecified atom stereocenters. The van der Waals surface area contributed by atoms with E-state index in [1.54, 1.807) is 15.9 Å². The van der Waals surface area contributed by atoms with Crippen LogP contribution in [0.4, 0.5) is 4.79 Å². The molecule has 0 aromatic carbocycles. The van der Waals surface area contributed by atoms with E-state index in [0.29, 0.717) is 38.2 Å². The fourth-order valence-corrected chi connectivity index (χ4v) is 2.79. The van der Waals surface area contributed by atoms with Gasteiger partial charge in [0.05, 0.1) is 18.4 Å². The minimum absolute atomic E-state index is 0.0703. The Morgan fingerprint density at radius 1 is 1.12 bits per heavy atom. The summed E-state index contributed by atoms with van der Waals surface area (Å²) in [5.74, 6) is -0.829. The van der Waals surface area contributed by atoms with Gasteiger partial charge in [0.25, 0.3) is 11.8 Å². The summed E-state index contributed by atoms with van der Waals surface area (Å²) in [6, 6.07) is 1.06. The van der Waals surface area contributed by atoms with Gasteiger partial charge in [0.2, 0.25) is 5.91 Å². The lowest BCUT2D eigenvalue weighted by atomic mass is 10.3. The number of rotatable bonds is 3. The second-order valence-electron chi connectivity index (χ2n) is 5.68. The third kappa shape index (κ3) is 3.24. The van der Waals surface area contributed by atoms with E-state index in [1.807, 2.05) is 0 Å². The van der Waals surface area contributed by atoms with Gasteiger partial charge in [0.15, 0.2) is 0 Å². The first kappa shape index (κ1) is 16.0. The van der Waals surface area contributed by atoms with Crippen molar-refractivity contribution in [1.29, 1.82) is 0 Å². The Morgan fingerprint density at radius 3 is 2.54 bits per heavy atom. The Hall–Kier alpha value is -2.84. The van der Waals surface area contributed by atoms with Gasteiger partial charge < -0.3 is 19.5 Å². The highest BCUT2D eigenvalue weighted by molar-refractivity contribution is 6.04. The minimum Gasteiger partial charge on any atom is -0.472 e. The number of imide groups is 1. The van der Waals surface area contributed by atoms with Crippen molar-refractivity contribution < 1.29 is 23.6 Å². The lowest BCUT2D eigenvalue weighted by Crippen LogP contribution is -2.44. The van der Waals surface area contributed by atoms with Gasteiger partial charge in [-0.25, -0.2) is 4.79 Å². The second-order valence-corrected chi connectivity index (χ2v) is 5.68. The highest BCUT2D eigenvalue weighted by Crippen LogP contribution is 2.11. The lowest BCUT2D eigenvalue weighted by molar-refractivity contribution is -0.136. The van der Waals surface area contributed by atoms with Crippen LogP contribution in [0.2, 0.25) is 0 Å². The maximum Gasteiger partial charge on any atom is 0.325 e. The average molecular weight is 334 g/mol. The van der Waals surface area contributed by atoms with Crippen molar-refractivity contribution in [3.05, 3.63) is 24.2 Å². The predicted octanol–water partition coefficient (Wildman–Crippen LogP) is -0.494. The Labute approximate surface area is 138 Å². The van der Waals surface area contributed by atoms with Crippen molar-refractivity contribution >= 4 is 23.8 Å². The largest absolute Gasteiger partial charge is 0.472 e. The summed E-state index contributed by atoms with van der Waals surface area (Å²) < 4.78 is 4.92. The Balaban J connectivity index is 1.57. The summed E-state index contributed by atoms with van der Waals surface area (Å²) in [6.07, 6.45) is 3.47. The molecule has 9 heteroatoms. The van der Waals surface area contributed by atoms with Gasteiger partial charge in [-0.3, -0.25) is 19.3 Å². The molecule has 1 aromatic heterocycles. The molecule has 0 saturated carbocycles. The summed E-state index contributed by atoms with van der Waals surface area (Å²) in [6.45, 7) is 1.45. The molecule has 1 aromatic rings. The van der Waals surface area contributed by atoms with E-state index in [0.717, 1.165) is 4.90 Å². The van der Waals surface area contributed by atoms with Gasteiger partial charge in [0, 0.05) is 26.2 Å². The van der Waals surface area contributed by atoms with E-state index in [1.165, 1.54) is 12.5 Å². The van der Waals surface area contributed by atoms with Crippen molar-refractivity contribution in [2.75, 3.05) is 39.3 Å². The van der Waals surface area contributed by atoms with Crippen LogP contribution in [-0.2, 0) is 9.59 Å². The number of amides is 5. The van der Waals surface area contributed by atoms with Crippen LogP contribution >= 0.6 is 0 Å². The van der Waals surface area contributed by atoms with E-state index in [9.17, 15) is 19.2 Å².